The van der Waals surface area contributed by atoms with E-state index in [2.05, 4.69) is 21.3 Å². The minimum atomic E-state index is 0.206. The molecule has 0 aliphatic carbocycles. The molecule has 0 saturated carbocycles. The number of aromatic nitrogens is 2. The predicted octanol–water partition coefficient (Wildman–Crippen LogP) is 2.93. The van der Waals surface area contributed by atoms with Gasteiger partial charge in [-0.25, -0.2) is 4.98 Å². The van der Waals surface area contributed by atoms with Gasteiger partial charge in [0.15, 0.2) is 0 Å². The van der Waals surface area contributed by atoms with Crippen LogP contribution in [0.4, 0.5) is 5.82 Å². The Morgan fingerprint density at radius 3 is 2.83 bits per heavy atom. The van der Waals surface area contributed by atoms with Crippen molar-refractivity contribution < 1.29 is 4.74 Å². The highest BCUT2D eigenvalue weighted by Crippen LogP contribution is 2.30. The van der Waals surface area contributed by atoms with E-state index < -0.39 is 0 Å². The van der Waals surface area contributed by atoms with Crippen molar-refractivity contribution in [3.63, 3.8) is 0 Å². The number of anilines is 1. The lowest BCUT2D eigenvalue weighted by atomic mass is 9.85. The third-order valence-corrected chi connectivity index (χ3v) is 6.03. The normalized spacial score (nSPS) is 25.8. The molecule has 2 unspecified atom stereocenters. The first-order valence-corrected chi connectivity index (χ1v) is 9.67. The van der Waals surface area contributed by atoms with Gasteiger partial charge >= 0.3 is 0 Å². The zero-order valence-electron chi connectivity index (χ0n) is 13.8. The second-order valence-corrected chi connectivity index (χ2v) is 7.65. The lowest BCUT2D eigenvalue weighted by Gasteiger charge is -2.40. The van der Waals surface area contributed by atoms with Crippen molar-refractivity contribution in [1.82, 2.24) is 9.97 Å². The summed E-state index contributed by atoms with van der Waals surface area (Å²) >= 11 is 1.70. The summed E-state index contributed by atoms with van der Waals surface area (Å²) in [5.41, 5.74) is 7.23. The fourth-order valence-electron chi connectivity index (χ4n) is 3.82. The van der Waals surface area contributed by atoms with Crippen molar-refractivity contribution in [2.75, 3.05) is 24.6 Å². The van der Waals surface area contributed by atoms with Gasteiger partial charge in [0.05, 0.1) is 23.4 Å². The van der Waals surface area contributed by atoms with Gasteiger partial charge in [-0.15, -0.1) is 11.3 Å². The maximum atomic E-state index is 6.27. The van der Waals surface area contributed by atoms with E-state index in [1.54, 1.807) is 11.3 Å². The number of hydrogen-bond acceptors (Lipinski definition) is 6. The molecule has 0 amide bonds. The largest absolute Gasteiger partial charge is 0.376 e. The number of nitrogens with zero attached hydrogens (tertiary/aromatic N) is 3. The fraction of sp³-hybridized carbons (Fsp3) is 0.556. The average molecular weight is 344 g/mol. The highest BCUT2D eigenvalue weighted by molar-refractivity contribution is 7.13. The molecule has 4 rings (SSSR count). The van der Waals surface area contributed by atoms with E-state index in [4.69, 9.17) is 15.5 Å². The molecule has 2 saturated heterocycles. The van der Waals surface area contributed by atoms with Crippen molar-refractivity contribution in [2.24, 2.45) is 11.7 Å². The van der Waals surface area contributed by atoms with E-state index in [0.29, 0.717) is 5.92 Å². The summed E-state index contributed by atoms with van der Waals surface area (Å²) in [6.07, 6.45) is 8.38. The summed E-state index contributed by atoms with van der Waals surface area (Å²) in [6.45, 7) is 2.87. The third kappa shape index (κ3) is 3.31. The molecular weight excluding hydrogens is 320 g/mol. The van der Waals surface area contributed by atoms with Crippen LogP contribution in [0.5, 0.6) is 0 Å². The van der Waals surface area contributed by atoms with Crippen molar-refractivity contribution in [3.05, 3.63) is 29.9 Å². The van der Waals surface area contributed by atoms with Gasteiger partial charge < -0.3 is 15.4 Å². The van der Waals surface area contributed by atoms with Gasteiger partial charge in [0, 0.05) is 25.7 Å². The van der Waals surface area contributed by atoms with Gasteiger partial charge in [0.25, 0.3) is 0 Å². The minimum Gasteiger partial charge on any atom is -0.376 e. The first-order chi connectivity index (χ1) is 11.8. The van der Waals surface area contributed by atoms with Gasteiger partial charge in [-0.1, -0.05) is 6.07 Å². The van der Waals surface area contributed by atoms with Gasteiger partial charge in [0.2, 0.25) is 0 Å². The Bertz CT molecular complexity index is 655. The molecular formula is C18H24N4OS. The van der Waals surface area contributed by atoms with Gasteiger partial charge in [-0.05, 0) is 43.0 Å². The lowest BCUT2D eigenvalue weighted by Crippen LogP contribution is -2.49. The highest BCUT2D eigenvalue weighted by atomic mass is 32.1. The molecule has 0 aromatic carbocycles. The first-order valence-electron chi connectivity index (χ1n) is 8.79. The van der Waals surface area contributed by atoms with Gasteiger partial charge in [-0.2, -0.15) is 0 Å². The molecule has 2 aliphatic heterocycles. The molecule has 24 heavy (non-hydrogen) atoms. The molecule has 2 aromatic rings. The van der Waals surface area contributed by atoms with E-state index >= 15 is 0 Å². The second-order valence-electron chi connectivity index (χ2n) is 6.71. The zero-order chi connectivity index (χ0) is 16.4. The molecule has 2 fully saturated rings. The fourth-order valence-corrected chi connectivity index (χ4v) is 4.50. The Labute approximate surface area is 146 Å². The number of hydrogen-bond donors (Lipinski definition) is 1. The van der Waals surface area contributed by atoms with Crippen LogP contribution in [0.15, 0.2) is 29.9 Å². The molecule has 0 radical (unpaired) electrons. The SMILES string of the molecule is NC1CCCOC1C1CCN(c2cncc(-c3cccs3)n2)CC1. The maximum absolute atomic E-state index is 6.27. The molecule has 6 heteroatoms. The number of rotatable bonds is 3. The Hall–Kier alpha value is -1.50. The van der Waals surface area contributed by atoms with Crippen molar-refractivity contribution in [1.29, 1.82) is 0 Å². The van der Waals surface area contributed by atoms with Crippen LogP contribution in [0.3, 0.4) is 0 Å². The van der Waals surface area contributed by atoms with Crippen LogP contribution in [0.1, 0.15) is 25.7 Å². The Morgan fingerprint density at radius 1 is 1.21 bits per heavy atom. The van der Waals surface area contributed by atoms with Crippen LogP contribution in [0, 0.1) is 5.92 Å². The summed E-state index contributed by atoms with van der Waals surface area (Å²) in [5.74, 6) is 1.55. The van der Waals surface area contributed by atoms with Crippen LogP contribution in [-0.4, -0.2) is 41.8 Å². The molecule has 5 nitrogen and oxygen atoms in total. The standard InChI is InChI=1S/C18H24N4OS/c19-14-3-1-9-23-18(14)13-5-7-22(8-6-13)17-12-20-11-15(21-17)16-4-2-10-24-16/h2,4,10-14,18H,1,3,5-9,19H2. The van der Waals surface area contributed by atoms with Crippen LogP contribution < -0.4 is 10.6 Å². The molecule has 2 aliphatic rings. The number of piperidine rings is 1. The molecule has 0 bridgehead atoms. The lowest BCUT2D eigenvalue weighted by molar-refractivity contribution is -0.0400. The molecule has 128 valence electrons. The van der Waals surface area contributed by atoms with Gasteiger partial charge in [-0.3, -0.25) is 4.98 Å². The quantitative estimate of drug-likeness (QED) is 0.927. The van der Waals surface area contributed by atoms with E-state index in [0.717, 1.165) is 56.9 Å². The zero-order valence-corrected chi connectivity index (χ0v) is 14.6. The van der Waals surface area contributed by atoms with Crippen LogP contribution >= 0.6 is 11.3 Å². The molecule has 4 heterocycles. The summed E-state index contributed by atoms with van der Waals surface area (Å²) < 4.78 is 5.97. The smallest absolute Gasteiger partial charge is 0.147 e. The molecule has 2 atom stereocenters. The molecule has 0 spiro atoms. The van der Waals surface area contributed by atoms with E-state index in [1.807, 2.05) is 18.5 Å². The molecule has 2 N–H and O–H groups in total. The third-order valence-electron chi connectivity index (χ3n) is 5.14. The summed E-state index contributed by atoms with van der Waals surface area (Å²) in [4.78, 5) is 12.7. The second kappa shape index (κ2) is 7.17. The van der Waals surface area contributed by atoms with E-state index in [-0.39, 0.29) is 12.1 Å². The monoisotopic (exact) mass is 344 g/mol. The minimum absolute atomic E-state index is 0.206. The Kier molecular flexibility index (Phi) is 4.78. The van der Waals surface area contributed by atoms with Crippen molar-refractivity contribution >= 4 is 17.2 Å². The Morgan fingerprint density at radius 2 is 2.08 bits per heavy atom. The van der Waals surface area contributed by atoms with E-state index in [1.165, 1.54) is 4.88 Å². The highest BCUT2D eigenvalue weighted by Gasteiger charge is 2.33. The van der Waals surface area contributed by atoms with Crippen LogP contribution in [0.2, 0.25) is 0 Å². The van der Waals surface area contributed by atoms with Gasteiger partial charge in [0.1, 0.15) is 11.5 Å². The number of thiophene rings is 1. The average Bonchev–Trinajstić information content (AvgIpc) is 3.17. The van der Waals surface area contributed by atoms with Crippen molar-refractivity contribution in [2.45, 2.75) is 37.8 Å². The summed E-state index contributed by atoms with van der Waals surface area (Å²) in [6, 6.07) is 4.34. The van der Waals surface area contributed by atoms with Crippen LogP contribution in [0.25, 0.3) is 10.6 Å². The Balaban J connectivity index is 1.42. The predicted molar refractivity (Wildman–Crippen MR) is 97.2 cm³/mol. The maximum Gasteiger partial charge on any atom is 0.147 e. The summed E-state index contributed by atoms with van der Waals surface area (Å²) in [5, 5.41) is 2.07. The van der Waals surface area contributed by atoms with Crippen molar-refractivity contribution in [3.8, 4) is 10.6 Å². The molecule has 2 aromatic heterocycles. The van der Waals surface area contributed by atoms with Crippen LogP contribution in [-0.2, 0) is 4.74 Å². The first kappa shape index (κ1) is 16.0. The number of ether oxygens (including phenoxy) is 1. The van der Waals surface area contributed by atoms with E-state index in [9.17, 15) is 0 Å². The summed E-state index contributed by atoms with van der Waals surface area (Å²) in [7, 11) is 0. The topological polar surface area (TPSA) is 64.3 Å². The number of nitrogens with two attached hydrogens (primary N) is 1.